The van der Waals surface area contributed by atoms with Crippen molar-refractivity contribution in [3.05, 3.63) is 195 Å². The van der Waals surface area contributed by atoms with Crippen molar-refractivity contribution < 1.29 is 13.9 Å². The van der Waals surface area contributed by atoms with Crippen molar-refractivity contribution in [2.24, 2.45) is 53.3 Å². The van der Waals surface area contributed by atoms with Gasteiger partial charge in [-0.1, -0.05) is 189 Å². The molecule has 9 aromatic rings. The minimum Gasteiger partial charge on any atom is -0.444 e. The Balaban J connectivity index is 0.000000214. The van der Waals surface area contributed by atoms with Crippen LogP contribution in [0.2, 0.25) is 0 Å². The van der Waals surface area contributed by atoms with Crippen molar-refractivity contribution in [1.29, 1.82) is 0 Å². The van der Waals surface area contributed by atoms with Gasteiger partial charge in [0.05, 0.1) is 0 Å². The first-order valence-corrected chi connectivity index (χ1v) is 54.6. The minimum absolute atomic E-state index is 0. The van der Waals surface area contributed by atoms with E-state index in [0.29, 0.717) is 75.8 Å². The highest BCUT2D eigenvalue weighted by atomic mass is 79.9. The van der Waals surface area contributed by atoms with Gasteiger partial charge in [0, 0.05) is 375 Å². The van der Waals surface area contributed by atoms with Gasteiger partial charge in [-0.25, -0.2) is 43.5 Å². The predicted molar refractivity (Wildman–Crippen MR) is 661 cm³/mol. The second-order valence-corrected chi connectivity index (χ2v) is 41.4. The lowest BCUT2D eigenvalue weighted by Crippen LogP contribution is -2.72. The highest BCUT2D eigenvalue weighted by Gasteiger charge is 2.48. The van der Waals surface area contributed by atoms with E-state index in [1.165, 1.54) is 119 Å². The molecule has 6 bridgehead atoms. The Morgan fingerprint density at radius 2 is 0.696 bits per heavy atom. The number of rotatable bonds is 25. The maximum atomic E-state index is 12.6. The third-order valence-electron chi connectivity index (χ3n) is 29.9. The molecule has 148 heavy (non-hydrogen) atoms. The lowest BCUT2D eigenvalue weighted by atomic mass is 8.47. The fourth-order valence-corrected chi connectivity index (χ4v) is 23.4. The number of ether oxygens (including phenoxy) is 1. The zero-order valence-corrected chi connectivity index (χ0v) is 90.9. The van der Waals surface area contributed by atoms with Crippen LogP contribution in [0.5, 0.6) is 0 Å². The van der Waals surface area contributed by atoms with Gasteiger partial charge in [0.15, 0.2) is 17.5 Å². The minimum atomic E-state index is -0.760. The quantitative estimate of drug-likeness (QED) is 0.0784. The number of fused-ring (bicyclic) bond motifs is 10. The lowest BCUT2D eigenvalue weighted by Gasteiger charge is -2.38. The standard InChI is InChI=1S/C25H34N4O2.C23H28N6O.C20H26N4.C12H12BrN3.4C2H6.CH4.B14.B13.B11/c1-25(2,3)31-24(30)28-15-18-11-12-19(16-28)21(18)14-22-26-23-20(10-7-13-29(23)27-22)17-8-5-4-6-9-17;1-15-25-26-23(30-15)28-13-17-9-10-18(14-28)20(17)12-21-24-22-19(8-5-11-29(22)27-21)16-6-3-2-4-7-16;1-2-5-14(6-3-1)17-7-4-10-24-20(17)22-19(23-24)11-18-15-8-9-16(18)13-21-12-15;13-12-14-11-10(7-4-8-16(11)15-12)9-5-2-1-3-6-9;4*1-2;;1-9(2)13(10(3)4)14(11(5)6)12(7)8;1-8-12(9(2)3)13(10(4)5)11(6)7;1-7-10(6)11(8(2)3)9(4)5/h4-6,8-9,18-21H,7,10-16H2,1-3H3;2-4,6-7,17-20H,5,8-14H2,1H3;1-3,5-6,15-18,21H,4,7-13H2;1-3,5-6,10H,4,7-8H2;4*1-2H3;1H4;;;/t18-,19+,20?,21?;17-,18+,19?,20?;15-,16+,17?,18?;;;;;;;;;. The van der Waals surface area contributed by atoms with Crippen LogP contribution in [0.25, 0.3) is 0 Å². The lowest BCUT2D eigenvalue weighted by molar-refractivity contribution is 0.00785. The highest BCUT2D eigenvalue weighted by molar-refractivity contribution is 9.10. The zero-order valence-electron chi connectivity index (χ0n) is 89.3. The van der Waals surface area contributed by atoms with Gasteiger partial charge in [-0.15, -0.1) is 10.2 Å². The van der Waals surface area contributed by atoms with Crippen molar-refractivity contribution in [3.8, 4) is 0 Å². The van der Waals surface area contributed by atoms with E-state index in [-0.39, 0.29) is 26.3 Å². The van der Waals surface area contributed by atoms with Gasteiger partial charge in [-0.3, -0.25) is 0 Å². The van der Waals surface area contributed by atoms with Crippen LogP contribution >= 0.6 is 15.9 Å². The van der Waals surface area contributed by atoms with E-state index < -0.39 is 88.6 Å². The van der Waals surface area contributed by atoms with Crippen LogP contribution in [0.3, 0.4) is 0 Å². The Hall–Kier alpha value is -5.44. The molecule has 3 aliphatic carbocycles. The van der Waals surface area contributed by atoms with Crippen molar-refractivity contribution >= 4 is 300 Å². The molecule has 5 aromatic heterocycles. The summed E-state index contributed by atoms with van der Waals surface area (Å²) in [4.78, 5) is 36.4. The Morgan fingerprint density at radius 1 is 0.399 bits per heavy atom. The Morgan fingerprint density at radius 3 is 0.966 bits per heavy atom. The number of nitrogens with zero attached hydrogens (tertiary/aromatic N) is 16. The number of nitrogens with one attached hydrogen (secondary N) is 1. The molecule has 7 aliphatic heterocycles. The largest absolute Gasteiger partial charge is 0.444 e. The normalized spacial score (nSPS) is 21.1. The molecule has 59 heteroatoms. The Bertz CT molecular complexity index is 5140. The fourth-order valence-electron chi connectivity index (χ4n) is 23.1. The number of hydrogen-bond donors (Lipinski definition) is 1. The third kappa shape index (κ3) is 35.5. The molecule has 10 aliphatic rings. The number of benzene rings is 4. The van der Waals surface area contributed by atoms with Crippen LogP contribution in [0, 0.1) is 60.2 Å². The van der Waals surface area contributed by atoms with E-state index in [0.717, 1.165) is 150 Å². The Kier molecular flexibility index (Phi) is 55.0. The van der Waals surface area contributed by atoms with Crippen molar-refractivity contribution in [3.63, 3.8) is 0 Å². The van der Waals surface area contributed by atoms with Crippen LogP contribution in [0.1, 0.15) is 266 Å². The highest BCUT2D eigenvalue weighted by Crippen LogP contribution is 2.48. The molecule has 13 atom stereocenters. The Labute approximate surface area is 934 Å². The molecule has 1 N–H and O–H groups in total. The first-order valence-electron chi connectivity index (χ1n) is 53.9. The molecule has 1 amide bonds. The second-order valence-electron chi connectivity index (χ2n) is 40.7. The zero-order chi connectivity index (χ0) is 108. The number of carbonyl (C=O) groups is 1. The van der Waals surface area contributed by atoms with E-state index in [1.54, 1.807) is 0 Å². The summed E-state index contributed by atoms with van der Waals surface area (Å²) in [5.41, 5.74) is 4.98. The molecule has 4 aromatic carbocycles. The van der Waals surface area contributed by atoms with Crippen molar-refractivity contribution in [1.82, 2.24) is 79.5 Å². The summed E-state index contributed by atoms with van der Waals surface area (Å²) in [6.45, 7) is 33.6. The van der Waals surface area contributed by atoms with Gasteiger partial charge in [-0.2, -0.15) is 15.3 Å². The van der Waals surface area contributed by atoms with E-state index in [4.69, 9.17) is 202 Å². The second kappa shape index (κ2) is 63.7. The smallest absolute Gasteiger partial charge is 0.410 e. The van der Waals surface area contributed by atoms with E-state index in [1.807, 2.05) is 98.7 Å². The molecule has 44 radical (unpaired) electrons. The van der Waals surface area contributed by atoms with E-state index in [9.17, 15) is 4.79 Å². The molecule has 12 heterocycles. The number of carbonyl (C=O) groups excluding carboxylic acids is 1. The van der Waals surface area contributed by atoms with Crippen molar-refractivity contribution in [2.75, 3.05) is 44.2 Å². The fraction of sp³-hybridized carbons (Fsp3) is 0.607. The average Bonchev–Trinajstić information content (AvgIpc) is 1.63. The van der Waals surface area contributed by atoms with E-state index in [2.05, 4.69) is 176 Å². The summed E-state index contributed by atoms with van der Waals surface area (Å²) >= 11 is 3.35. The number of aryl methyl sites for hydroxylation is 5. The summed E-state index contributed by atoms with van der Waals surface area (Å²) in [7, 11) is 117. The molecule has 0 spiro atoms. The van der Waals surface area contributed by atoms with Gasteiger partial charge < -0.3 is 24.3 Å². The SMILES string of the molecule is Brc1nc2n(n1)CCCC2c1ccccc1.C.CC.CC.CC.CC.CC(C)(C)OC(=O)N1C[C@H]2CC[C@@H](C1)C2Cc1nc2n(n1)CCCC2c1ccccc1.Cc1nnc(N2C[C@H]3CC[C@@H](C2)C3Cc2nc3n(n2)CCCC3c2ccccc2)o1.[B]B([B])B(B([B])[B])B(B([B])[B])B([B])[B].[B][B]B(B([B])[B])B(B([B])[B])B([B])[B].[B][B]B([B])B(B([B])[B])B([B])[B].c1ccc(C2CCCn3nc(CC4[C@@H]5CC[C@H]4CNC5)nc32)cc1. The predicted octanol–water partition coefficient (Wildman–Crippen LogP) is 4.47. The van der Waals surface area contributed by atoms with Gasteiger partial charge >= 0.3 is 12.1 Å². The average molecular weight is 1970 g/mol. The van der Waals surface area contributed by atoms with Crippen LogP contribution in [-0.4, -0.2) is 397 Å². The van der Waals surface area contributed by atoms with Crippen LogP contribution < -0.4 is 10.2 Å². The number of anilines is 1. The number of amides is 1. The number of aromatic nitrogens is 14. The van der Waals surface area contributed by atoms with Crippen LogP contribution in [-0.2, 0) is 50.2 Å². The molecule has 6 fully saturated rings. The number of hydrogen-bond acceptors (Lipinski definition) is 15. The molecule has 19 rings (SSSR count). The molecule has 7 unspecified atom stereocenters. The molecule has 3 saturated heterocycles. The summed E-state index contributed by atoms with van der Waals surface area (Å²) < 4.78 is 20.5. The van der Waals surface area contributed by atoms with Gasteiger partial charge in [0.25, 0.3) is 0 Å². The first-order chi connectivity index (χ1) is 70.5. The summed E-state index contributed by atoms with van der Waals surface area (Å²) in [6.07, 6.45) is 10.8. The van der Waals surface area contributed by atoms with Crippen molar-refractivity contribution in [2.45, 2.75) is 255 Å². The molecular weight excluding hydrogens is 1850 g/mol. The molecular formula is C89H128B38BrN17O3. The van der Waals surface area contributed by atoms with Crippen LogP contribution in [0.4, 0.5) is 10.8 Å². The monoisotopic (exact) mass is 1980 g/mol. The maximum Gasteiger partial charge on any atom is 0.410 e. The number of halogens is 1. The molecule has 20 nitrogen and oxygen atoms in total. The maximum absolute atomic E-state index is 12.6. The van der Waals surface area contributed by atoms with Gasteiger partial charge in [-0.05, 0) is 215 Å². The van der Waals surface area contributed by atoms with E-state index >= 15 is 0 Å². The summed E-state index contributed by atoms with van der Waals surface area (Å²) in [6, 6.07) is 43.6. The number of piperidine rings is 3. The van der Waals surface area contributed by atoms with Crippen LogP contribution in [0.15, 0.2) is 130 Å². The first kappa shape index (κ1) is 128. The van der Waals surface area contributed by atoms with Gasteiger partial charge in [0.2, 0.25) is 10.6 Å². The molecule has 3 saturated carbocycles. The molecule has 708 valence electrons. The van der Waals surface area contributed by atoms with Gasteiger partial charge in [0.1, 0.15) is 28.9 Å². The third-order valence-corrected chi connectivity index (χ3v) is 30.2. The summed E-state index contributed by atoms with van der Waals surface area (Å²) in [5.74, 6) is 15.9. The number of likely N-dealkylation sites (tertiary alicyclic amines) is 1. The topological polar surface area (TPSA) is 207 Å². The summed E-state index contributed by atoms with van der Waals surface area (Å²) in [5, 5.41) is 31.0.